The first-order chi connectivity index (χ1) is 3.72. The molecule has 0 heterocycles. The van der Waals surface area contributed by atoms with Crippen LogP contribution < -0.4 is 0 Å². The lowest BCUT2D eigenvalue weighted by Crippen LogP contribution is -1.96. The lowest BCUT2D eigenvalue weighted by Gasteiger charge is -1.84. The van der Waals surface area contributed by atoms with Crippen molar-refractivity contribution < 1.29 is 10.4 Å². The Morgan fingerprint density at radius 3 is 1.38 bits per heavy atom. The zero-order chi connectivity index (χ0) is 6.57. The van der Waals surface area contributed by atoms with Crippen LogP contribution in [0.1, 0.15) is 0 Å². The Morgan fingerprint density at radius 2 is 1.25 bits per heavy atom. The number of rotatable bonds is 1. The largest absolute Gasteiger partial charge is 0.410 e. The highest BCUT2D eigenvalue weighted by Crippen LogP contribution is 1.98. The SMILES string of the molecule is O/N=C(Br)\C(Br)=N/O. The van der Waals surface area contributed by atoms with E-state index in [-0.39, 0.29) is 9.24 Å². The molecule has 8 heavy (non-hydrogen) atoms. The van der Waals surface area contributed by atoms with E-state index in [0.29, 0.717) is 0 Å². The van der Waals surface area contributed by atoms with Crippen LogP contribution in [0, 0.1) is 0 Å². The minimum absolute atomic E-state index is 0.0417. The van der Waals surface area contributed by atoms with E-state index in [9.17, 15) is 0 Å². The molecule has 4 nitrogen and oxygen atoms in total. The van der Waals surface area contributed by atoms with Crippen LogP contribution in [0.3, 0.4) is 0 Å². The van der Waals surface area contributed by atoms with Crippen LogP contribution in [-0.2, 0) is 0 Å². The van der Waals surface area contributed by atoms with Gasteiger partial charge >= 0.3 is 0 Å². The lowest BCUT2D eigenvalue weighted by atomic mass is 10.8. The molecule has 0 aliphatic carbocycles. The van der Waals surface area contributed by atoms with Crippen LogP contribution in [-0.4, -0.2) is 19.7 Å². The van der Waals surface area contributed by atoms with Gasteiger partial charge in [-0.1, -0.05) is 10.3 Å². The molecule has 0 amide bonds. The second kappa shape index (κ2) is 3.85. The van der Waals surface area contributed by atoms with E-state index in [1.807, 2.05) is 0 Å². The van der Waals surface area contributed by atoms with Crippen LogP contribution in [0.5, 0.6) is 0 Å². The fraction of sp³-hybridized carbons (Fsp3) is 0. The summed E-state index contributed by atoms with van der Waals surface area (Å²) in [5.41, 5.74) is 0. The standard InChI is InChI=1S/C2H2Br2N2O2/c3-1(5-7)2(4)6-8/h7-8H/b5-1+,6-2+. The van der Waals surface area contributed by atoms with Gasteiger partial charge in [0.2, 0.25) is 0 Å². The van der Waals surface area contributed by atoms with Gasteiger partial charge in [-0.15, -0.1) is 0 Å². The summed E-state index contributed by atoms with van der Waals surface area (Å²) in [5, 5.41) is 21.2. The zero-order valence-corrected chi connectivity index (χ0v) is 6.72. The average Bonchev–Trinajstić information content (AvgIpc) is 1.84. The van der Waals surface area contributed by atoms with Crippen molar-refractivity contribution in [3.8, 4) is 0 Å². The molecular weight excluding hydrogens is 244 g/mol. The normalized spacial score (nSPS) is 14.2. The summed E-state index contributed by atoms with van der Waals surface area (Å²) in [7, 11) is 0. The fourth-order valence-corrected chi connectivity index (χ4v) is 0.241. The number of halogens is 2. The van der Waals surface area contributed by atoms with Gasteiger partial charge in [0.05, 0.1) is 0 Å². The van der Waals surface area contributed by atoms with Crippen molar-refractivity contribution in [2.75, 3.05) is 0 Å². The minimum Gasteiger partial charge on any atom is -0.410 e. The Kier molecular flexibility index (Phi) is 3.80. The third-order valence-corrected chi connectivity index (χ3v) is 1.95. The molecule has 0 spiro atoms. The van der Waals surface area contributed by atoms with Gasteiger partial charge in [0.1, 0.15) is 0 Å². The smallest absolute Gasteiger partial charge is 0.181 e. The third kappa shape index (κ3) is 2.27. The summed E-state index contributed by atoms with van der Waals surface area (Å²) >= 11 is 5.53. The Balaban J connectivity index is 4.04. The maximum atomic E-state index is 7.96. The molecular formula is C2H2Br2N2O2. The third-order valence-electron chi connectivity index (χ3n) is 0.346. The average molecular weight is 246 g/mol. The second-order valence-corrected chi connectivity index (χ2v) is 2.28. The zero-order valence-electron chi connectivity index (χ0n) is 3.54. The highest BCUT2D eigenvalue weighted by Gasteiger charge is 1.99. The molecule has 0 radical (unpaired) electrons. The van der Waals surface area contributed by atoms with Gasteiger partial charge in [0.25, 0.3) is 0 Å². The molecule has 0 rings (SSSR count). The number of oxime groups is 2. The van der Waals surface area contributed by atoms with Crippen molar-refractivity contribution in [3.05, 3.63) is 0 Å². The molecule has 0 aromatic heterocycles. The molecule has 0 bridgehead atoms. The highest BCUT2D eigenvalue weighted by atomic mass is 79.9. The van der Waals surface area contributed by atoms with E-state index in [2.05, 4.69) is 42.2 Å². The topological polar surface area (TPSA) is 65.2 Å². The van der Waals surface area contributed by atoms with E-state index >= 15 is 0 Å². The summed E-state index contributed by atoms with van der Waals surface area (Å²) in [6.45, 7) is 0. The van der Waals surface area contributed by atoms with Crippen molar-refractivity contribution in [1.82, 2.24) is 0 Å². The van der Waals surface area contributed by atoms with E-state index in [0.717, 1.165) is 0 Å². The molecule has 0 saturated carbocycles. The summed E-state index contributed by atoms with van der Waals surface area (Å²) in [6.07, 6.45) is 0. The summed E-state index contributed by atoms with van der Waals surface area (Å²) in [5.74, 6) is 0. The monoisotopic (exact) mass is 244 g/mol. The van der Waals surface area contributed by atoms with Crippen LogP contribution >= 0.6 is 31.9 Å². The molecule has 2 N–H and O–H groups in total. The first kappa shape index (κ1) is 7.90. The van der Waals surface area contributed by atoms with Gasteiger partial charge in [-0.2, -0.15) is 0 Å². The van der Waals surface area contributed by atoms with Gasteiger partial charge in [-0.05, 0) is 31.9 Å². The van der Waals surface area contributed by atoms with Crippen molar-refractivity contribution in [3.63, 3.8) is 0 Å². The summed E-state index contributed by atoms with van der Waals surface area (Å²) in [4.78, 5) is 0. The van der Waals surface area contributed by atoms with Gasteiger partial charge in [-0.3, -0.25) is 0 Å². The van der Waals surface area contributed by atoms with E-state index in [1.165, 1.54) is 0 Å². The maximum Gasteiger partial charge on any atom is 0.181 e. The quantitative estimate of drug-likeness (QED) is 0.416. The molecule has 0 atom stereocenters. The van der Waals surface area contributed by atoms with E-state index in [1.54, 1.807) is 0 Å². The molecule has 0 aromatic carbocycles. The molecule has 6 heteroatoms. The van der Waals surface area contributed by atoms with E-state index in [4.69, 9.17) is 10.4 Å². The number of nitrogens with zero attached hydrogens (tertiary/aromatic N) is 2. The predicted molar refractivity (Wildman–Crippen MR) is 36.3 cm³/mol. The highest BCUT2D eigenvalue weighted by molar-refractivity contribution is 9.24. The molecule has 0 unspecified atom stereocenters. The summed E-state index contributed by atoms with van der Waals surface area (Å²) < 4.78 is 0.0833. The molecule has 0 aromatic rings. The van der Waals surface area contributed by atoms with Crippen LogP contribution in [0.25, 0.3) is 0 Å². The van der Waals surface area contributed by atoms with Gasteiger partial charge in [0.15, 0.2) is 9.24 Å². The fourth-order valence-electron chi connectivity index (χ4n) is 0.0825. The van der Waals surface area contributed by atoms with Gasteiger partial charge < -0.3 is 10.4 Å². The van der Waals surface area contributed by atoms with Crippen molar-refractivity contribution in [2.45, 2.75) is 0 Å². The minimum atomic E-state index is 0.0417. The van der Waals surface area contributed by atoms with Crippen LogP contribution in [0.15, 0.2) is 10.3 Å². The van der Waals surface area contributed by atoms with Crippen LogP contribution in [0.4, 0.5) is 0 Å². The van der Waals surface area contributed by atoms with Crippen LogP contribution in [0.2, 0.25) is 0 Å². The van der Waals surface area contributed by atoms with E-state index < -0.39 is 0 Å². The summed E-state index contributed by atoms with van der Waals surface area (Å²) in [6, 6.07) is 0. The molecule has 0 aliphatic heterocycles. The second-order valence-electron chi connectivity index (χ2n) is 0.782. The number of hydrogen-bond acceptors (Lipinski definition) is 4. The Hall–Kier alpha value is -0.100. The number of hydrogen-bond donors (Lipinski definition) is 2. The predicted octanol–water partition coefficient (Wildman–Crippen LogP) is 1.35. The van der Waals surface area contributed by atoms with Crippen molar-refractivity contribution in [1.29, 1.82) is 0 Å². The Morgan fingerprint density at radius 1 is 1.00 bits per heavy atom. The molecule has 0 aliphatic rings. The Labute approximate surface area is 62.1 Å². The van der Waals surface area contributed by atoms with Gasteiger partial charge in [-0.25, -0.2) is 0 Å². The molecule has 0 fully saturated rings. The van der Waals surface area contributed by atoms with Crippen molar-refractivity contribution >= 4 is 41.1 Å². The molecule has 46 valence electrons. The lowest BCUT2D eigenvalue weighted by molar-refractivity contribution is 0.316. The molecule has 0 saturated heterocycles. The first-order valence-electron chi connectivity index (χ1n) is 1.48. The first-order valence-corrected chi connectivity index (χ1v) is 3.06. The van der Waals surface area contributed by atoms with Crippen molar-refractivity contribution in [2.24, 2.45) is 10.3 Å². The van der Waals surface area contributed by atoms with Gasteiger partial charge in [0, 0.05) is 0 Å². The maximum absolute atomic E-state index is 7.96. The Bertz CT molecular complexity index is 116.